The number of nitrogens with zero attached hydrogens (tertiary/aromatic N) is 3. The van der Waals surface area contributed by atoms with Crippen molar-refractivity contribution < 1.29 is 14.0 Å². The van der Waals surface area contributed by atoms with E-state index in [9.17, 15) is 9.59 Å². The van der Waals surface area contributed by atoms with Gasteiger partial charge in [0.2, 0.25) is 23.6 Å². The van der Waals surface area contributed by atoms with Crippen molar-refractivity contribution >= 4 is 17.5 Å². The van der Waals surface area contributed by atoms with Crippen molar-refractivity contribution in [2.75, 3.05) is 11.4 Å². The van der Waals surface area contributed by atoms with Crippen LogP contribution in [-0.2, 0) is 9.59 Å². The molecule has 1 aliphatic rings. The molecule has 138 valence electrons. The van der Waals surface area contributed by atoms with Crippen LogP contribution in [0.4, 0.5) is 5.69 Å². The average molecular weight is 356 g/mol. The molecule has 1 aromatic heterocycles. The van der Waals surface area contributed by atoms with E-state index < -0.39 is 0 Å². The number of benzene rings is 1. The van der Waals surface area contributed by atoms with Crippen LogP contribution in [-0.4, -0.2) is 28.6 Å². The van der Waals surface area contributed by atoms with Crippen LogP contribution in [0.5, 0.6) is 0 Å². The molecular formula is C19H24N4O3. The molecule has 0 bridgehead atoms. The number of aromatic nitrogens is 2. The number of aryl methyl sites for hydroxylation is 1. The zero-order chi connectivity index (χ0) is 18.7. The Hall–Kier alpha value is -2.70. The third-order valence-electron chi connectivity index (χ3n) is 4.43. The maximum absolute atomic E-state index is 12.8. The van der Waals surface area contributed by atoms with Gasteiger partial charge in [-0.1, -0.05) is 32.0 Å². The Balaban J connectivity index is 1.69. The quantitative estimate of drug-likeness (QED) is 0.859. The molecule has 0 saturated carbocycles. The highest BCUT2D eigenvalue weighted by Gasteiger charge is 2.36. The van der Waals surface area contributed by atoms with E-state index in [1.165, 1.54) is 0 Å². The summed E-state index contributed by atoms with van der Waals surface area (Å²) in [6, 6.07) is 9.07. The van der Waals surface area contributed by atoms with Crippen LogP contribution in [0.3, 0.4) is 0 Å². The third kappa shape index (κ3) is 4.09. The Labute approximate surface area is 152 Å². The number of hydrogen-bond acceptors (Lipinski definition) is 5. The minimum atomic E-state index is -0.388. The summed E-state index contributed by atoms with van der Waals surface area (Å²) in [4.78, 5) is 26.8. The fourth-order valence-corrected chi connectivity index (χ4v) is 3.18. The molecule has 2 atom stereocenters. The molecule has 0 aliphatic carbocycles. The van der Waals surface area contributed by atoms with E-state index in [1.807, 2.05) is 30.3 Å². The van der Waals surface area contributed by atoms with E-state index in [4.69, 9.17) is 4.42 Å². The minimum Gasteiger partial charge on any atom is -0.423 e. The Morgan fingerprint density at radius 1 is 1.31 bits per heavy atom. The van der Waals surface area contributed by atoms with E-state index in [-0.39, 0.29) is 30.2 Å². The second-order valence-corrected chi connectivity index (χ2v) is 7.09. The molecule has 1 saturated heterocycles. The third-order valence-corrected chi connectivity index (χ3v) is 4.43. The molecule has 26 heavy (non-hydrogen) atoms. The maximum Gasteiger partial charge on any atom is 0.238 e. The molecule has 2 heterocycles. The van der Waals surface area contributed by atoms with E-state index in [0.29, 0.717) is 30.7 Å². The second kappa shape index (κ2) is 7.68. The van der Waals surface area contributed by atoms with Gasteiger partial charge in [-0.2, -0.15) is 0 Å². The highest BCUT2D eigenvalue weighted by molar-refractivity contribution is 6.00. The standard InChI is InChI=1S/C19H24N4O3/c1-12(2)9-16(19-22-21-13(3)26-19)20-18(25)14-10-17(24)23(11-14)15-7-5-4-6-8-15/h4-8,12,14,16H,9-11H2,1-3H3,(H,20,25). The first-order valence-corrected chi connectivity index (χ1v) is 8.90. The van der Waals surface area contributed by atoms with Crippen molar-refractivity contribution in [2.24, 2.45) is 11.8 Å². The Kier molecular flexibility index (Phi) is 5.35. The van der Waals surface area contributed by atoms with Crippen LogP contribution < -0.4 is 10.2 Å². The van der Waals surface area contributed by atoms with Gasteiger partial charge in [-0.3, -0.25) is 9.59 Å². The van der Waals surface area contributed by atoms with Crippen LogP contribution in [0.25, 0.3) is 0 Å². The van der Waals surface area contributed by atoms with Gasteiger partial charge in [0.05, 0.1) is 5.92 Å². The number of para-hydroxylation sites is 1. The van der Waals surface area contributed by atoms with Crippen molar-refractivity contribution in [3.8, 4) is 0 Å². The van der Waals surface area contributed by atoms with Crippen molar-refractivity contribution in [1.82, 2.24) is 15.5 Å². The summed E-state index contributed by atoms with van der Waals surface area (Å²) in [5.41, 5.74) is 0.819. The summed E-state index contributed by atoms with van der Waals surface area (Å²) >= 11 is 0. The van der Waals surface area contributed by atoms with Gasteiger partial charge in [0, 0.05) is 25.6 Å². The van der Waals surface area contributed by atoms with Crippen molar-refractivity contribution in [3.05, 3.63) is 42.1 Å². The molecule has 1 aliphatic heterocycles. The number of carbonyl (C=O) groups is 2. The number of nitrogens with one attached hydrogen (secondary N) is 1. The number of anilines is 1. The Bertz CT molecular complexity index is 772. The first kappa shape index (κ1) is 18.1. The molecule has 0 spiro atoms. The summed E-state index contributed by atoms with van der Waals surface area (Å²) in [6.07, 6.45) is 0.897. The van der Waals surface area contributed by atoms with Crippen LogP contribution in [0.15, 0.2) is 34.7 Å². The monoisotopic (exact) mass is 356 g/mol. The van der Waals surface area contributed by atoms with Crippen LogP contribution in [0, 0.1) is 18.8 Å². The lowest BCUT2D eigenvalue weighted by molar-refractivity contribution is -0.127. The summed E-state index contributed by atoms with van der Waals surface area (Å²) in [5.74, 6) is 0.645. The molecule has 2 unspecified atom stereocenters. The second-order valence-electron chi connectivity index (χ2n) is 7.09. The molecule has 1 fully saturated rings. The van der Waals surface area contributed by atoms with Gasteiger partial charge in [-0.05, 0) is 24.5 Å². The van der Waals surface area contributed by atoms with Crippen LogP contribution in [0.2, 0.25) is 0 Å². The topological polar surface area (TPSA) is 88.3 Å². The number of amides is 2. The molecule has 1 N–H and O–H groups in total. The van der Waals surface area contributed by atoms with Crippen molar-refractivity contribution in [1.29, 1.82) is 0 Å². The molecular weight excluding hydrogens is 332 g/mol. The zero-order valence-corrected chi connectivity index (χ0v) is 15.3. The highest BCUT2D eigenvalue weighted by atomic mass is 16.4. The summed E-state index contributed by atoms with van der Waals surface area (Å²) in [5, 5.41) is 10.9. The van der Waals surface area contributed by atoms with Gasteiger partial charge in [0.15, 0.2) is 0 Å². The number of rotatable bonds is 6. The van der Waals surface area contributed by atoms with Gasteiger partial charge in [-0.15, -0.1) is 10.2 Å². The van der Waals surface area contributed by atoms with Crippen molar-refractivity contribution in [3.63, 3.8) is 0 Å². The van der Waals surface area contributed by atoms with Gasteiger partial charge >= 0.3 is 0 Å². The normalized spacial score (nSPS) is 18.4. The first-order chi connectivity index (χ1) is 12.4. The molecule has 2 amide bonds. The minimum absolute atomic E-state index is 0.0367. The van der Waals surface area contributed by atoms with Gasteiger partial charge in [0.25, 0.3) is 0 Å². The number of carbonyl (C=O) groups excluding carboxylic acids is 2. The SMILES string of the molecule is Cc1nnc(C(CC(C)C)NC(=O)C2CC(=O)N(c3ccccc3)C2)o1. The van der Waals surface area contributed by atoms with Crippen LogP contribution >= 0.6 is 0 Å². The molecule has 1 aromatic carbocycles. The summed E-state index contributed by atoms with van der Waals surface area (Å²) < 4.78 is 5.51. The van der Waals surface area contributed by atoms with E-state index in [1.54, 1.807) is 11.8 Å². The fraction of sp³-hybridized carbons (Fsp3) is 0.474. The average Bonchev–Trinajstić information content (AvgIpc) is 3.20. The molecule has 7 nitrogen and oxygen atoms in total. The van der Waals surface area contributed by atoms with Gasteiger partial charge in [0.1, 0.15) is 6.04 Å². The smallest absolute Gasteiger partial charge is 0.238 e. The Morgan fingerprint density at radius 2 is 2.04 bits per heavy atom. The maximum atomic E-state index is 12.8. The lowest BCUT2D eigenvalue weighted by atomic mass is 10.0. The first-order valence-electron chi connectivity index (χ1n) is 8.90. The lowest BCUT2D eigenvalue weighted by Gasteiger charge is -2.20. The number of hydrogen-bond donors (Lipinski definition) is 1. The predicted octanol–water partition coefficient (Wildman–Crippen LogP) is 2.63. The van der Waals surface area contributed by atoms with Gasteiger partial charge in [-0.25, -0.2) is 0 Å². The van der Waals surface area contributed by atoms with E-state index in [0.717, 1.165) is 5.69 Å². The van der Waals surface area contributed by atoms with Crippen LogP contribution in [0.1, 0.15) is 44.5 Å². The van der Waals surface area contributed by atoms with E-state index >= 15 is 0 Å². The molecule has 3 rings (SSSR count). The Morgan fingerprint density at radius 3 is 2.65 bits per heavy atom. The van der Waals surface area contributed by atoms with Crippen molar-refractivity contribution in [2.45, 2.75) is 39.7 Å². The largest absolute Gasteiger partial charge is 0.423 e. The zero-order valence-electron chi connectivity index (χ0n) is 15.3. The molecule has 2 aromatic rings. The lowest BCUT2D eigenvalue weighted by Crippen LogP contribution is -2.36. The van der Waals surface area contributed by atoms with E-state index in [2.05, 4.69) is 29.4 Å². The molecule has 7 heteroatoms. The fourth-order valence-electron chi connectivity index (χ4n) is 3.18. The van der Waals surface area contributed by atoms with Gasteiger partial charge < -0.3 is 14.6 Å². The summed E-state index contributed by atoms with van der Waals surface area (Å²) in [6.45, 7) is 6.24. The predicted molar refractivity (Wildman–Crippen MR) is 96.3 cm³/mol. The molecule has 0 radical (unpaired) electrons. The summed E-state index contributed by atoms with van der Waals surface area (Å²) in [7, 11) is 0. The highest BCUT2D eigenvalue weighted by Crippen LogP contribution is 2.27.